The van der Waals surface area contributed by atoms with E-state index < -0.39 is 11.5 Å². The van der Waals surface area contributed by atoms with E-state index in [1.807, 2.05) is 20.8 Å². The molecule has 0 rings (SSSR count). The van der Waals surface area contributed by atoms with Crippen molar-refractivity contribution in [2.24, 2.45) is 11.1 Å². The van der Waals surface area contributed by atoms with Gasteiger partial charge in [0.15, 0.2) is 11.6 Å². The van der Waals surface area contributed by atoms with E-state index >= 15 is 0 Å². The standard InChI is InChI=1S/C11H19NO2/c1-5-8(13)6-7-9(12)10(14)11(2,3)4/h5,9H,1,6-7,12H2,2-4H3/t9-/m0/s1. The minimum atomic E-state index is -0.543. The van der Waals surface area contributed by atoms with Gasteiger partial charge < -0.3 is 5.73 Å². The summed E-state index contributed by atoms with van der Waals surface area (Å²) in [5, 5.41) is 0. The quantitative estimate of drug-likeness (QED) is 0.679. The van der Waals surface area contributed by atoms with Crippen molar-refractivity contribution in [3.8, 4) is 0 Å². The van der Waals surface area contributed by atoms with E-state index in [9.17, 15) is 9.59 Å². The van der Waals surface area contributed by atoms with Gasteiger partial charge >= 0.3 is 0 Å². The molecule has 14 heavy (non-hydrogen) atoms. The maximum Gasteiger partial charge on any atom is 0.155 e. The summed E-state index contributed by atoms with van der Waals surface area (Å²) in [6, 6.07) is -0.543. The summed E-state index contributed by atoms with van der Waals surface area (Å²) < 4.78 is 0. The molecule has 0 bridgehead atoms. The van der Waals surface area contributed by atoms with Crippen LogP contribution in [0.1, 0.15) is 33.6 Å². The smallest absolute Gasteiger partial charge is 0.155 e. The Morgan fingerprint density at radius 3 is 2.29 bits per heavy atom. The molecule has 0 radical (unpaired) electrons. The molecule has 0 aliphatic carbocycles. The first-order chi connectivity index (χ1) is 6.29. The lowest BCUT2D eigenvalue weighted by molar-refractivity contribution is -0.127. The second-order valence-electron chi connectivity index (χ2n) is 4.43. The molecule has 3 heteroatoms. The average Bonchev–Trinajstić information content (AvgIpc) is 2.10. The highest BCUT2D eigenvalue weighted by molar-refractivity contribution is 5.91. The van der Waals surface area contributed by atoms with Crippen molar-refractivity contribution in [3.05, 3.63) is 12.7 Å². The van der Waals surface area contributed by atoms with Crippen molar-refractivity contribution in [3.63, 3.8) is 0 Å². The van der Waals surface area contributed by atoms with Crippen LogP contribution in [0.2, 0.25) is 0 Å². The molecule has 3 nitrogen and oxygen atoms in total. The summed E-state index contributed by atoms with van der Waals surface area (Å²) in [4.78, 5) is 22.5. The maximum atomic E-state index is 11.6. The van der Waals surface area contributed by atoms with Gasteiger partial charge in [-0.25, -0.2) is 0 Å². The highest BCUT2D eigenvalue weighted by Crippen LogP contribution is 2.17. The molecule has 0 saturated carbocycles. The molecule has 0 aliphatic rings. The molecule has 0 heterocycles. The van der Waals surface area contributed by atoms with Gasteiger partial charge in [0.2, 0.25) is 0 Å². The Morgan fingerprint density at radius 1 is 1.43 bits per heavy atom. The fourth-order valence-electron chi connectivity index (χ4n) is 1.09. The van der Waals surface area contributed by atoms with Crippen molar-refractivity contribution in [1.29, 1.82) is 0 Å². The number of carbonyl (C=O) groups excluding carboxylic acids is 2. The van der Waals surface area contributed by atoms with E-state index in [0.717, 1.165) is 0 Å². The molecule has 2 N–H and O–H groups in total. The van der Waals surface area contributed by atoms with Crippen LogP contribution in [-0.2, 0) is 9.59 Å². The van der Waals surface area contributed by atoms with Crippen molar-refractivity contribution in [1.82, 2.24) is 0 Å². The lowest BCUT2D eigenvalue weighted by atomic mass is 9.85. The van der Waals surface area contributed by atoms with Crippen molar-refractivity contribution < 1.29 is 9.59 Å². The Labute approximate surface area is 85.4 Å². The zero-order valence-electron chi connectivity index (χ0n) is 9.17. The Balaban J connectivity index is 4.10. The SMILES string of the molecule is C=CC(=O)CC[C@H](N)C(=O)C(C)(C)C. The highest BCUT2D eigenvalue weighted by Gasteiger charge is 2.26. The van der Waals surface area contributed by atoms with Crippen LogP contribution >= 0.6 is 0 Å². The first-order valence-corrected chi connectivity index (χ1v) is 4.74. The van der Waals surface area contributed by atoms with E-state index in [4.69, 9.17) is 5.73 Å². The highest BCUT2D eigenvalue weighted by atomic mass is 16.1. The minimum Gasteiger partial charge on any atom is -0.321 e. The van der Waals surface area contributed by atoms with Gasteiger partial charge in [-0.3, -0.25) is 9.59 Å². The molecular weight excluding hydrogens is 178 g/mol. The second-order valence-corrected chi connectivity index (χ2v) is 4.43. The van der Waals surface area contributed by atoms with Gasteiger partial charge in [-0.2, -0.15) is 0 Å². The zero-order valence-corrected chi connectivity index (χ0v) is 9.17. The van der Waals surface area contributed by atoms with Gasteiger partial charge in [-0.15, -0.1) is 0 Å². The molecule has 0 aromatic carbocycles. The van der Waals surface area contributed by atoms with E-state index in [1.165, 1.54) is 6.08 Å². The average molecular weight is 197 g/mol. The van der Waals surface area contributed by atoms with Crippen LogP contribution in [0.5, 0.6) is 0 Å². The van der Waals surface area contributed by atoms with E-state index in [-0.39, 0.29) is 11.6 Å². The van der Waals surface area contributed by atoms with Crippen LogP contribution in [0.25, 0.3) is 0 Å². The lowest BCUT2D eigenvalue weighted by Gasteiger charge is -2.21. The van der Waals surface area contributed by atoms with Crippen molar-refractivity contribution in [2.45, 2.75) is 39.7 Å². The number of Topliss-reactive ketones (excluding diaryl/α,β-unsaturated/α-hetero) is 1. The number of ketones is 2. The Kier molecular flexibility index (Phi) is 4.71. The Hall–Kier alpha value is -0.960. The Morgan fingerprint density at radius 2 is 1.93 bits per heavy atom. The van der Waals surface area contributed by atoms with Gasteiger partial charge in [0.25, 0.3) is 0 Å². The largest absolute Gasteiger partial charge is 0.321 e. The fraction of sp³-hybridized carbons (Fsp3) is 0.636. The van der Waals surface area contributed by atoms with Crippen LogP contribution in [0.4, 0.5) is 0 Å². The molecule has 0 aromatic heterocycles. The number of hydrogen-bond acceptors (Lipinski definition) is 3. The number of carbonyl (C=O) groups is 2. The topological polar surface area (TPSA) is 60.2 Å². The van der Waals surface area contributed by atoms with Crippen LogP contribution in [0, 0.1) is 5.41 Å². The molecular formula is C11H19NO2. The van der Waals surface area contributed by atoms with Crippen molar-refractivity contribution in [2.75, 3.05) is 0 Å². The van der Waals surface area contributed by atoms with E-state index in [1.54, 1.807) is 0 Å². The van der Waals surface area contributed by atoms with Gasteiger partial charge in [0.1, 0.15) is 0 Å². The molecule has 0 spiro atoms. The summed E-state index contributed by atoms with van der Waals surface area (Å²) in [5.74, 6) is -0.0727. The third-order valence-electron chi connectivity index (χ3n) is 2.01. The van der Waals surface area contributed by atoms with Crippen LogP contribution < -0.4 is 5.73 Å². The van der Waals surface area contributed by atoms with Crippen LogP contribution in [0.3, 0.4) is 0 Å². The molecule has 0 aromatic rings. The first-order valence-electron chi connectivity index (χ1n) is 4.74. The van der Waals surface area contributed by atoms with Crippen LogP contribution in [0.15, 0.2) is 12.7 Å². The molecule has 1 atom stereocenters. The van der Waals surface area contributed by atoms with E-state index in [0.29, 0.717) is 12.8 Å². The molecule has 0 aliphatic heterocycles. The van der Waals surface area contributed by atoms with Crippen molar-refractivity contribution >= 4 is 11.6 Å². The van der Waals surface area contributed by atoms with Gasteiger partial charge in [-0.05, 0) is 12.5 Å². The van der Waals surface area contributed by atoms with Gasteiger partial charge in [0, 0.05) is 11.8 Å². The predicted molar refractivity (Wildman–Crippen MR) is 56.9 cm³/mol. The minimum absolute atomic E-state index is 0.00522. The maximum absolute atomic E-state index is 11.6. The Bertz CT molecular complexity index is 238. The molecule has 0 saturated heterocycles. The predicted octanol–water partition coefficient (Wildman–Crippen LogP) is 1.46. The number of hydrogen-bond donors (Lipinski definition) is 1. The molecule has 0 amide bonds. The summed E-state index contributed by atoms with van der Waals surface area (Å²) in [6.07, 6.45) is 1.96. The molecule has 0 unspecified atom stereocenters. The molecule has 80 valence electrons. The third kappa shape index (κ3) is 4.33. The van der Waals surface area contributed by atoms with Crippen LogP contribution in [-0.4, -0.2) is 17.6 Å². The monoisotopic (exact) mass is 197 g/mol. The fourth-order valence-corrected chi connectivity index (χ4v) is 1.09. The summed E-state index contributed by atoms with van der Waals surface area (Å²) in [5.41, 5.74) is 5.24. The van der Waals surface area contributed by atoms with Gasteiger partial charge in [0.05, 0.1) is 6.04 Å². The normalized spacial score (nSPS) is 13.4. The van der Waals surface area contributed by atoms with Gasteiger partial charge in [-0.1, -0.05) is 27.4 Å². The molecule has 0 fully saturated rings. The summed E-state index contributed by atoms with van der Waals surface area (Å²) in [7, 11) is 0. The first kappa shape index (κ1) is 13.0. The number of allylic oxidation sites excluding steroid dienone is 1. The summed E-state index contributed by atoms with van der Waals surface area (Å²) >= 11 is 0. The number of rotatable bonds is 5. The second kappa shape index (κ2) is 5.05. The van der Waals surface area contributed by atoms with E-state index in [2.05, 4.69) is 6.58 Å². The lowest BCUT2D eigenvalue weighted by Crippen LogP contribution is -2.39. The summed E-state index contributed by atoms with van der Waals surface area (Å²) in [6.45, 7) is 8.83. The third-order valence-corrected chi connectivity index (χ3v) is 2.01. The number of nitrogens with two attached hydrogens (primary N) is 1. The zero-order chi connectivity index (χ0) is 11.4.